The molecule has 0 saturated carbocycles. The van der Waals surface area contributed by atoms with Crippen LogP contribution in [0, 0.1) is 0 Å². The zero-order valence-electron chi connectivity index (χ0n) is 10.7. The summed E-state index contributed by atoms with van der Waals surface area (Å²) < 4.78 is 31.4. The molecule has 0 spiro atoms. The number of hydrogen-bond donors (Lipinski definition) is 2. The zero-order chi connectivity index (χ0) is 13.6. The van der Waals surface area contributed by atoms with Crippen LogP contribution in [0.1, 0.15) is 18.9 Å². The number of ether oxygens (including phenoxy) is 1. The van der Waals surface area contributed by atoms with Crippen LogP contribution in [0.2, 0.25) is 0 Å². The summed E-state index contributed by atoms with van der Waals surface area (Å²) in [6.07, 6.45) is 0.689. The smallest absolute Gasteiger partial charge is 0.216 e. The van der Waals surface area contributed by atoms with Gasteiger partial charge in [0.2, 0.25) is 10.0 Å². The Bertz CT molecular complexity index is 457. The maximum Gasteiger partial charge on any atom is 0.216 e. The number of methoxy groups -OCH3 is 1. The molecular weight excluding hydrogens is 252 g/mol. The molecule has 3 N–H and O–H groups in total. The molecule has 0 aliphatic heterocycles. The number of nitrogens with two attached hydrogens (primary N) is 1. The molecule has 18 heavy (non-hydrogen) atoms. The highest BCUT2D eigenvalue weighted by atomic mass is 32.2. The van der Waals surface area contributed by atoms with E-state index in [0.717, 1.165) is 0 Å². The lowest BCUT2D eigenvalue weighted by Crippen LogP contribution is -2.38. The molecule has 1 aromatic carbocycles. The SMILES string of the molecule is CCC(COC)NS(=O)(=O)Cc1ccc(N)cc1. The quantitative estimate of drug-likeness (QED) is 0.729. The van der Waals surface area contributed by atoms with Crippen LogP contribution in [-0.2, 0) is 20.5 Å². The van der Waals surface area contributed by atoms with Gasteiger partial charge in [-0.05, 0) is 24.1 Å². The summed E-state index contributed by atoms with van der Waals surface area (Å²) in [4.78, 5) is 0. The van der Waals surface area contributed by atoms with Gasteiger partial charge in [-0.25, -0.2) is 13.1 Å². The third-order valence-corrected chi connectivity index (χ3v) is 3.95. The van der Waals surface area contributed by atoms with E-state index < -0.39 is 10.0 Å². The van der Waals surface area contributed by atoms with Crippen LogP contribution < -0.4 is 10.5 Å². The molecule has 102 valence electrons. The Morgan fingerprint density at radius 1 is 1.33 bits per heavy atom. The highest BCUT2D eigenvalue weighted by molar-refractivity contribution is 7.88. The maximum absolute atomic E-state index is 11.9. The third-order valence-electron chi connectivity index (χ3n) is 2.54. The summed E-state index contributed by atoms with van der Waals surface area (Å²) >= 11 is 0. The lowest BCUT2D eigenvalue weighted by atomic mass is 10.2. The molecule has 0 fully saturated rings. The van der Waals surface area contributed by atoms with Crippen LogP contribution >= 0.6 is 0 Å². The molecule has 1 aromatic rings. The standard InChI is InChI=1S/C12H20N2O3S/c1-3-12(8-17-2)14-18(15,16)9-10-4-6-11(13)7-5-10/h4-7,12,14H,3,8-9,13H2,1-2H3. The van der Waals surface area contributed by atoms with Crippen LogP contribution in [0.3, 0.4) is 0 Å². The number of rotatable bonds is 7. The summed E-state index contributed by atoms with van der Waals surface area (Å²) in [5.41, 5.74) is 6.88. The predicted octanol–water partition coefficient (Wildman–Crippen LogP) is 1.11. The molecular formula is C12H20N2O3S. The fourth-order valence-electron chi connectivity index (χ4n) is 1.57. The molecule has 1 unspecified atom stereocenters. The van der Waals surface area contributed by atoms with E-state index in [1.54, 1.807) is 31.4 Å². The van der Waals surface area contributed by atoms with Gasteiger partial charge in [0.15, 0.2) is 0 Å². The summed E-state index contributed by atoms with van der Waals surface area (Å²) in [7, 11) is -1.80. The first-order valence-corrected chi connectivity index (χ1v) is 7.45. The molecule has 0 bridgehead atoms. The van der Waals surface area contributed by atoms with Crippen molar-refractivity contribution in [1.82, 2.24) is 4.72 Å². The minimum atomic E-state index is -3.35. The van der Waals surface area contributed by atoms with Crippen molar-refractivity contribution in [3.8, 4) is 0 Å². The molecule has 0 radical (unpaired) electrons. The second kappa shape index (κ2) is 6.72. The molecule has 0 aliphatic rings. The summed E-state index contributed by atoms with van der Waals surface area (Å²) in [6, 6.07) is 6.63. The van der Waals surface area contributed by atoms with Gasteiger partial charge in [0.1, 0.15) is 0 Å². The minimum absolute atomic E-state index is 0.0481. The Kier molecular flexibility index (Phi) is 5.58. The highest BCUT2D eigenvalue weighted by Gasteiger charge is 2.16. The van der Waals surface area contributed by atoms with Crippen molar-refractivity contribution < 1.29 is 13.2 Å². The van der Waals surface area contributed by atoms with Crippen molar-refractivity contribution in [3.05, 3.63) is 29.8 Å². The highest BCUT2D eigenvalue weighted by Crippen LogP contribution is 2.09. The Labute approximate surface area is 108 Å². The van der Waals surface area contributed by atoms with Crippen molar-refractivity contribution in [2.24, 2.45) is 0 Å². The van der Waals surface area contributed by atoms with Gasteiger partial charge in [-0.15, -0.1) is 0 Å². The number of nitrogens with one attached hydrogen (secondary N) is 1. The summed E-state index contributed by atoms with van der Waals surface area (Å²) in [5, 5.41) is 0. The van der Waals surface area contributed by atoms with Crippen molar-refractivity contribution in [3.63, 3.8) is 0 Å². The first-order chi connectivity index (χ1) is 8.46. The first kappa shape index (κ1) is 14.9. The van der Waals surface area contributed by atoms with Gasteiger partial charge < -0.3 is 10.5 Å². The van der Waals surface area contributed by atoms with E-state index in [-0.39, 0.29) is 11.8 Å². The van der Waals surface area contributed by atoms with Gasteiger partial charge >= 0.3 is 0 Å². The fraction of sp³-hybridized carbons (Fsp3) is 0.500. The van der Waals surface area contributed by atoms with Crippen LogP contribution in [0.15, 0.2) is 24.3 Å². The number of nitrogen functional groups attached to an aromatic ring is 1. The molecule has 0 saturated heterocycles. The molecule has 0 aliphatic carbocycles. The Morgan fingerprint density at radius 3 is 2.44 bits per heavy atom. The van der Waals surface area contributed by atoms with Crippen LogP contribution in [0.5, 0.6) is 0 Å². The normalized spacial score (nSPS) is 13.4. The second-order valence-electron chi connectivity index (χ2n) is 4.18. The lowest BCUT2D eigenvalue weighted by molar-refractivity contribution is 0.173. The van der Waals surface area contributed by atoms with Crippen LogP contribution in [-0.4, -0.2) is 28.2 Å². The van der Waals surface area contributed by atoms with E-state index in [1.165, 1.54) is 0 Å². The van der Waals surface area contributed by atoms with Gasteiger partial charge in [0, 0.05) is 18.8 Å². The second-order valence-corrected chi connectivity index (χ2v) is 5.93. The minimum Gasteiger partial charge on any atom is -0.399 e. The average Bonchev–Trinajstić information content (AvgIpc) is 2.31. The molecule has 5 nitrogen and oxygen atoms in total. The predicted molar refractivity (Wildman–Crippen MR) is 72.6 cm³/mol. The zero-order valence-corrected chi connectivity index (χ0v) is 11.5. The van der Waals surface area contributed by atoms with Crippen molar-refractivity contribution in [2.75, 3.05) is 19.5 Å². The molecule has 0 heterocycles. The van der Waals surface area contributed by atoms with Crippen molar-refractivity contribution in [1.29, 1.82) is 0 Å². The first-order valence-electron chi connectivity index (χ1n) is 5.80. The molecule has 1 atom stereocenters. The fourth-order valence-corrected chi connectivity index (χ4v) is 3.02. The van der Waals surface area contributed by atoms with Gasteiger partial charge in [-0.3, -0.25) is 0 Å². The third kappa shape index (κ3) is 5.03. The van der Waals surface area contributed by atoms with Crippen LogP contribution in [0.4, 0.5) is 5.69 Å². The molecule has 1 rings (SSSR count). The maximum atomic E-state index is 11.9. The van der Waals surface area contributed by atoms with Gasteiger partial charge in [0.05, 0.1) is 12.4 Å². The molecule has 0 amide bonds. The monoisotopic (exact) mass is 272 g/mol. The Morgan fingerprint density at radius 2 is 1.94 bits per heavy atom. The summed E-state index contributed by atoms with van der Waals surface area (Å²) in [6.45, 7) is 2.28. The Hall–Kier alpha value is -1.11. The van der Waals surface area contributed by atoms with E-state index in [0.29, 0.717) is 24.3 Å². The van der Waals surface area contributed by atoms with Crippen molar-refractivity contribution in [2.45, 2.75) is 25.1 Å². The molecule has 6 heteroatoms. The van der Waals surface area contributed by atoms with Gasteiger partial charge in [-0.1, -0.05) is 19.1 Å². The largest absolute Gasteiger partial charge is 0.399 e. The number of sulfonamides is 1. The van der Waals surface area contributed by atoms with E-state index in [1.807, 2.05) is 6.92 Å². The van der Waals surface area contributed by atoms with Gasteiger partial charge in [-0.2, -0.15) is 0 Å². The van der Waals surface area contributed by atoms with Gasteiger partial charge in [0.25, 0.3) is 0 Å². The number of anilines is 1. The number of hydrogen-bond acceptors (Lipinski definition) is 4. The van der Waals surface area contributed by atoms with E-state index in [2.05, 4.69) is 4.72 Å². The lowest BCUT2D eigenvalue weighted by Gasteiger charge is -2.16. The van der Waals surface area contributed by atoms with Crippen LogP contribution in [0.25, 0.3) is 0 Å². The topological polar surface area (TPSA) is 81.4 Å². The molecule has 0 aromatic heterocycles. The van der Waals surface area contributed by atoms with Crippen molar-refractivity contribution >= 4 is 15.7 Å². The van der Waals surface area contributed by atoms with E-state index in [9.17, 15) is 8.42 Å². The van der Waals surface area contributed by atoms with E-state index in [4.69, 9.17) is 10.5 Å². The Balaban J connectivity index is 2.66. The van der Waals surface area contributed by atoms with E-state index >= 15 is 0 Å². The summed E-state index contributed by atoms with van der Waals surface area (Å²) in [5.74, 6) is -0.0481. The average molecular weight is 272 g/mol. The number of benzene rings is 1.